The number of amides is 2. The number of nitrogens with one attached hydrogen (secondary N) is 2. The summed E-state index contributed by atoms with van der Waals surface area (Å²) in [5.41, 5.74) is 1.41. The molecule has 166 valence electrons. The molecule has 33 heavy (non-hydrogen) atoms. The Bertz CT molecular complexity index is 1370. The van der Waals surface area contributed by atoms with Crippen LogP contribution in [0.2, 0.25) is 5.02 Å². The summed E-state index contributed by atoms with van der Waals surface area (Å²) in [4.78, 5) is 32.5. The number of benzene rings is 2. The van der Waals surface area contributed by atoms with Crippen molar-refractivity contribution in [1.82, 2.24) is 25.5 Å². The summed E-state index contributed by atoms with van der Waals surface area (Å²) in [5, 5.41) is 13.0. The van der Waals surface area contributed by atoms with Crippen LogP contribution in [0, 0.1) is 0 Å². The van der Waals surface area contributed by atoms with Crippen LogP contribution in [0.5, 0.6) is 11.5 Å². The zero-order chi connectivity index (χ0) is 23.4. The summed E-state index contributed by atoms with van der Waals surface area (Å²) in [7, 11) is 1.51. The van der Waals surface area contributed by atoms with E-state index in [-0.39, 0.29) is 33.7 Å². The van der Waals surface area contributed by atoms with Crippen molar-refractivity contribution in [2.24, 2.45) is 0 Å². The SMILES string of the molecule is CNC(=O)c1cc(Oc2ccc3nc(NC(=O)c4cccc(CF)c4Cl)nnc3c2)ccn1. The Morgan fingerprint density at radius 2 is 1.85 bits per heavy atom. The van der Waals surface area contributed by atoms with Crippen LogP contribution in [0.15, 0.2) is 54.7 Å². The number of hydrogen-bond donors (Lipinski definition) is 2. The van der Waals surface area contributed by atoms with E-state index in [0.717, 1.165) is 0 Å². The maximum Gasteiger partial charge on any atom is 0.269 e. The minimum absolute atomic E-state index is 0.0312. The number of carbonyl (C=O) groups is 2. The summed E-state index contributed by atoms with van der Waals surface area (Å²) < 4.78 is 18.8. The lowest BCUT2D eigenvalue weighted by atomic mass is 10.1. The molecule has 2 aromatic carbocycles. The molecule has 2 aromatic heterocycles. The molecule has 0 unspecified atom stereocenters. The molecule has 0 spiro atoms. The highest BCUT2D eigenvalue weighted by atomic mass is 35.5. The second-order valence-electron chi connectivity index (χ2n) is 6.71. The number of nitrogens with zero attached hydrogens (tertiary/aromatic N) is 4. The van der Waals surface area contributed by atoms with E-state index in [1.54, 1.807) is 24.3 Å². The van der Waals surface area contributed by atoms with Crippen molar-refractivity contribution >= 4 is 40.4 Å². The Hall–Kier alpha value is -4.18. The van der Waals surface area contributed by atoms with Crippen molar-refractivity contribution in [1.29, 1.82) is 0 Å². The van der Waals surface area contributed by atoms with Crippen molar-refractivity contribution in [3.05, 3.63) is 76.6 Å². The van der Waals surface area contributed by atoms with E-state index in [2.05, 4.69) is 30.8 Å². The van der Waals surface area contributed by atoms with E-state index < -0.39 is 12.6 Å². The lowest BCUT2D eigenvalue weighted by Gasteiger charge is -2.09. The van der Waals surface area contributed by atoms with Crippen molar-refractivity contribution in [3.63, 3.8) is 0 Å². The van der Waals surface area contributed by atoms with E-state index in [1.807, 2.05) is 0 Å². The molecule has 11 heteroatoms. The molecule has 4 rings (SSSR count). The second-order valence-corrected chi connectivity index (χ2v) is 7.09. The van der Waals surface area contributed by atoms with Crippen LogP contribution in [0.4, 0.5) is 10.3 Å². The van der Waals surface area contributed by atoms with Gasteiger partial charge in [-0.05, 0) is 24.3 Å². The molecule has 0 atom stereocenters. The molecular formula is C22H16ClFN6O3. The van der Waals surface area contributed by atoms with Crippen molar-refractivity contribution < 1.29 is 18.7 Å². The normalized spacial score (nSPS) is 10.6. The highest BCUT2D eigenvalue weighted by Crippen LogP contribution is 2.25. The average molecular weight is 467 g/mol. The third kappa shape index (κ3) is 4.85. The summed E-state index contributed by atoms with van der Waals surface area (Å²) in [6.07, 6.45) is 1.47. The van der Waals surface area contributed by atoms with Gasteiger partial charge in [0.25, 0.3) is 11.8 Å². The first kappa shape index (κ1) is 22.0. The smallest absolute Gasteiger partial charge is 0.269 e. The average Bonchev–Trinajstić information content (AvgIpc) is 2.83. The van der Waals surface area contributed by atoms with E-state index in [0.29, 0.717) is 22.5 Å². The maximum absolute atomic E-state index is 13.0. The third-order valence-electron chi connectivity index (χ3n) is 4.55. The van der Waals surface area contributed by atoms with Gasteiger partial charge in [-0.2, -0.15) is 0 Å². The van der Waals surface area contributed by atoms with Crippen LogP contribution in [0.3, 0.4) is 0 Å². The topological polar surface area (TPSA) is 119 Å². The number of halogens is 2. The maximum atomic E-state index is 13.0. The molecule has 0 bridgehead atoms. The molecule has 0 aliphatic carbocycles. The molecule has 2 amide bonds. The minimum Gasteiger partial charge on any atom is -0.457 e. The molecule has 0 radical (unpaired) electrons. The van der Waals surface area contributed by atoms with Crippen molar-refractivity contribution in [3.8, 4) is 11.5 Å². The first-order chi connectivity index (χ1) is 16.0. The van der Waals surface area contributed by atoms with Crippen LogP contribution in [0.1, 0.15) is 26.4 Å². The van der Waals surface area contributed by atoms with Gasteiger partial charge in [0.15, 0.2) is 0 Å². The number of carbonyl (C=O) groups excluding carboxylic acids is 2. The van der Waals surface area contributed by atoms with E-state index in [9.17, 15) is 14.0 Å². The molecule has 4 aromatic rings. The minimum atomic E-state index is -0.787. The van der Waals surface area contributed by atoms with Crippen LogP contribution in [0.25, 0.3) is 11.0 Å². The number of hydrogen-bond acceptors (Lipinski definition) is 7. The fourth-order valence-corrected chi connectivity index (χ4v) is 3.18. The van der Waals surface area contributed by atoms with Crippen LogP contribution >= 0.6 is 11.6 Å². The van der Waals surface area contributed by atoms with Gasteiger partial charge in [-0.1, -0.05) is 23.7 Å². The Morgan fingerprint density at radius 3 is 2.64 bits per heavy atom. The summed E-state index contributed by atoms with van der Waals surface area (Å²) in [6, 6.07) is 12.6. The van der Waals surface area contributed by atoms with Gasteiger partial charge >= 0.3 is 0 Å². The van der Waals surface area contributed by atoms with Crippen molar-refractivity contribution in [2.75, 3.05) is 12.4 Å². The number of anilines is 1. The van der Waals surface area contributed by atoms with E-state index >= 15 is 0 Å². The van der Waals surface area contributed by atoms with Gasteiger partial charge in [0.1, 0.15) is 29.4 Å². The highest BCUT2D eigenvalue weighted by Gasteiger charge is 2.15. The molecule has 0 fully saturated rings. The quantitative estimate of drug-likeness (QED) is 0.441. The Balaban J connectivity index is 1.52. The van der Waals surface area contributed by atoms with Crippen LogP contribution in [-0.4, -0.2) is 39.0 Å². The van der Waals surface area contributed by atoms with Gasteiger partial charge in [0.05, 0.1) is 16.1 Å². The summed E-state index contributed by atoms with van der Waals surface area (Å²) >= 11 is 6.09. The van der Waals surface area contributed by atoms with Gasteiger partial charge in [0, 0.05) is 30.9 Å². The molecule has 2 N–H and O–H groups in total. The Labute approximate surface area is 192 Å². The molecule has 0 saturated carbocycles. The number of ether oxygens (including phenoxy) is 1. The third-order valence-corrected chi connectivity index (χ3v) is 4.99. The zero-order valence-electron chi connectivity index (χ0n) is 17.2. The number of aromatic nitrogens is 4. The Morgan fingerprint density at radius 1 is 1.03 bits per heavy atom. The van der Waals surface area contributed by atoms with Crippen LogP contribution < -0.4 is 15.4 Å². The van der Waals surface area contributed by atoms with Gasteiger partial charge < -0.3 is 10.1 Å². The van der Waals surface area contributed by atoms with Gasteiger partial charge in [0.2, 0.25) is 5.95 Å². The van der Waals surface area contributed by atoms with Gasteiger partial charge in [-0.25, -0.2) is 9.37 Å². The summed E-state index contributed by atoms with van der Waals surface area (Å²) in [6.45, 7) is -0.787. The van der Waals surface area contributed by atoms with E-state index in [4.69, 9.17) is 16.3 Å². The van der Waals surface area contributed by atoms with Gasteiger partial charge in [-0.15, -0.1) is 10.2 Å². The number of rotatable bonds is 6. The second kappa shape index (κ2) is 9.53. The highest BCUT2D eigenvalue weighted by molar-refractivity contribution is 6.35. The predicted molar refractivity (Wildman–Crippen MR) is 119 cm³/mol. The number of fused-ring (bicyclic) bond motifs is 1. The molecule has 2 heterocycles. The number of pyridine rings is 1. The standard InChI is InChI=1S/C22H16ClFN6O3/c1-25-21(32)18-10-14(7-8-26-18)33-13-5-6-16-17(9-13)29-30-22(27-16)28-20(31)15-4-2-3-12(11-24)19(15)23/h2-10H,11H2,1H3,(H,25,32)(H,27,28,30,31). The fraction of sp³-hybridized carbons (Fsp3) is 0.0909. The zero-order valence-corrected chi connectivity index (χ0v) is 17.9. The monoisotopic (exact) mass is 466 g/mol. The first-order valence-electron chi connectivity index (χ1n) is 9.63. The fourth-order valence-electron chi connectivity index (χ4n) is 2.92. The summed E-state index contributed by atoms with van der Waals surface area (Å²) in [5.74, 6) is -0.0889. The lowest BCUT2D eigenvalue weighted by Crippen LogP contribution is -2.18. The Kier molecular flexibility index (Phi) is 6.36. The largest absolute Gasteiger partial charge is 0.457 e. The van der Waals surface area contributed by atoms with Gasteiger partial charge in [-0.3, -0.25) is 19.9 Å². The molecular weight excluding hydrogens is 451 g/mol. The molecule has 0 aliphatic rings. The van der Waals surface area contributed by atoms with Crippen molar-refractivity contribution in [2.45, 2.75) is 6.67 Å². The van der Waals surface area contributed by atoms with E-state index in [1.165, 1.54) is 37.5 Å². The predicted octanol–water partition coefficient (Wildman–Crippen LogP) is 3.95. The molecule has 0 aliphatic heterocycles. The molecule has 0 saturated heterocycles. The lowest BCUT2D eigenvalue weighted by molar-refractivity contribution is 0.0957. The molecule has 9 nitrogen and oxygen atoms in total. The number of alkyl halides is 1. The first-order valence-corrected chi connectivity index (χ1v) is 10.0. The van der Waals surface area contributed by atoms with Crippen LogP contribution in [-0.2, 0) is 6.67 Å².